The fourth-order valence-electron chi connectivity index (χ4n) is 2.26. The number of nitrogens with two attached hydrogens (primary N) is 1. The average Bonchev–Trinajstić information content (AvgIpc) is 2.69. The third-order valence-corrected chi connectivity index (χ3v) is 3.60. The Hall–Kier alpha value is -2.50. The summed E-state index contributed by atoms with van der Waals surface area (Å²) in [5.41, 5.74) is 9.70. The van der Waals surface area contributed by atoms with Crippen molar-refractivity contribution in [3.05, 3.63) is 40.7 Å². The molecule has 6 nitrogen and oxygen atoms in total. The first kappa shape index (κ1) is 14.9. The number of rotatable bonds is 5. The predicted octanol–water partition coefficient (Wildman–Crippen LogP) is 1.76. The van der Waals surface area contributed by atoms with E-state index in [1.54, 1.807) is 25.3 Å². The topological polar surface area (TPSA) is 82.2 Å². The molecule has 0 saturated heterocycles. The second-order valence-electron chi connectivity index (χ2n) is 4.91. The van der Waals surface area contributed by atoms with Crippen molar-refractivity contribution in [2.45, 2.75) is 20.4 Å². The number of aryl methyl sites for hydroxylation is 2. The summed E-state index contributed by atoms with van der Waals surface area (Å²) < 4.78 is 7.15. The van der Waals surface area contributed by atoms with Gasteiger partial charge in [0.15, 0.2) is 0 Å². The van der Waals surface area contributed by atoms with Crippen LogP contribution >= 0.6 is 0 Å². The summed E-state index contributed by atoms with van der Waals surface area (Å²) in [6, 6.07) is 5.07. The molecule has 1 aromatic heterocycles. The molecule has 0 unspecified atom stereocenters. The molecule has 0 bridgehead atoms. The van der Waals surface area contributed by atoms with Crippen LogP contribution in [0.25, 0.3) is 0 Å². The molecular formula is C15H20N4O2. The van der Waals surface area contributed by atoms with Gasteiger partial charge >= 0.3 is 0 Å². The average molecular weight is 288 g/mol. The molecule has 21 heavy (non-hydrogen) atoms. The molecule has 112 valence electrons. The number of amides is 1. The number of anilines is 1. The molecule has 1 aromatic carbocycles. The van der Waals surface area contributed by atoms with E-state index in [4.69, 9.17) is 10.5 Å². The normalized spacial score (nSPS) is 10.5. The number of hydrogen-bond acceptors (Lipinski definition) is 4. The molecule has 2 aromatic rings. The van der Waals surface area contributed by atoms with Crippen LogP contribution in [0.1, 0.15) is 27.3 Å². The second-order valence-corrected chi connectivity index (χ2v) is 4.91. The Labute approximate surface area is 123 Å². The van der Waals surface area contributed by atoms with Crippen molar-refractivity contribution in [2.24, 2.45) is 12.8 Å². The van der Waals surface area contributed by atoms with Crippen molar-refractivity contribution >= 4 is 11.6 Å². The van der Waals surface area contributed by atoms with Gasteiger partial charge in [-0.1, -0.05) is 0 Å². The zero-order valence-corrected chi connectivity index (χ0v) is 12.7. The number of hydrogen-bond donors (Lipinski definition) is 2. The Morgan fingerprint density at radius 2 is 2.14 bits per heavy atom. The minimum absolute atomic E-state index is 0.443. The molecule has 2 rings (SSSR count). The van der Waals surface area contributed by atoms with Crippen LogP contribution < -0.4 is 15.8 Å². The van der Waals surface area contributed by atoms with Crippen molar-refractivity contribution in [1.29, 1.82) is 0 Å². The van der Waals surface area contributed by atoms with Crippen LogP contribution in [0.4, 0.5) is 5.69 Å². The number of carbonyl (C=O) groups excluding carboxylic acids is 1. The summed E-state index contributed by atoms with van der Waals surface area (Å²) in [5.74, 6) is 0.202. The van der Waals surface area contributed by atoms with Crippen molar-refractivity contribution in [2.75, 3.05) is 12.4 Å². The number of ether oxygens (including phenoxy) is 1. The maximum absolute atomic E-state index is 11.3. The molecule has 3 N–H and O–H groups in total. The van der Waals surface area contributed by atoms with Gasteiger partial charge in [0.05, 0.1) is 18.5 Å². The lowest BCUT2D eigenvalue weighted by atomic mass is 10.1. The summed E-state index contributed by atoms with van der Waals surface area (Å²) in [5, 5.41) is 7.67. The lowest BCUT2D eigenvalue weighted by molar-refractivity contribution is 0.100. The van der Waals surface area contributed by atoms with Crippen molar-refractivity contribution in [3.8, 4) is 5.75 Å². The van der Waals surface area contributed by atoms with E-state index in [0.29, 0.717) is 17.9 Å². The largest absolute Gasteiger partial charge is 0.495 e. The van der Waals surface area contributed by atoms with Crippen LogP contribution in [0.2, 0.25) is 0 Å². The van der Waals surface area contributed by atoms with Gasteiger partial charge in [0, 0.05) is 30.4 Å². The van der Waals surface area contributed by atoms with Crippen LogP contribution in [0, 0.1) is 13.8 Å². The quantitative estimate of drug-likeness (QED) is 0.878. The molecule has 0 fully saturated rings. The third-order valence-electron chi connectivity index (χ3n) is 3.60. The highest BCUT2D eigenvalue weighted by molar-refractivity contribution is 5.94. The number of carbonyl (C=O) groups is 1. The summed E-state index contributed by atoms with van der Waals surface area (Å²) >= 11 is 0. The minimum atomic E-state index is -0.463. The summed E-state index contributed by atoms with van der Waals surface area (Å²) in [4.78, 5) is 11.3. The third kappa shape index (κ3) is 2.99. The minimum Gasteiger partial charge on any atom is -0.495 e. The van der Waals surface area contributed by atoms with E-state index in [-0.39, 0.29) is 0 Å². The zero-order valence-electron chi connectivity index (χ0n) is 12.7. The van der Waals surface area contributed by atoms with Gasteiger partial charge in [-0.25, -0.2) is 0 Å². The Kier molecular flexibility index (Phi) is 4.16. The van der Waals surface area contributed by atoms with Gasteiger partial charge in [0.1, 0.15) is 5.75 Å². The maximum atomic E-state index is 11.3. The first-order chi connectivity index (χ1) is 9.93. The van der Waals surface area contributed by atoms with Crippen molar-refractivity contribution in [1.82, 2.24) is 9.78 Å². The molecule has 0 aliphatic rings. The van der Waals surface area contributed by atoms with Crippen LogP contribution in [-0.2, 0) is 13.6 Å². The van der Waals surface area contributed by atoms with Gasteiger partial charge in [-0.3, -0.25) is 9.48 Å². The molecule has 0 saturated carbocycles. The van der Waals surface area contributed by atoms with E-state index in [1.165, 1.54) is 0 Å². The van der Waals surface area contributed by atoms with E-state index in [9.17, 15) is 4.79 Å². The van der Waals surface area contributed by atoms with Gasteiger partial charge in [0.25, 0.3) is 0 Å². The summed E-state index contributed by atoms with van der Waals surface area (Å²) in [7, 11) is 3.51. The fraction of sp³-hybridized carbons (Fsp3) is 0.333. The summed E-state index contributed by atoms with van der Waals surface area (Å²) in [6.45, 7) is 4.60. The number of benzene rings is 1. The van der Waals surface area contributed by atoms with Gasteiger partial charge in [-0.05, 0) is 32.0 Å². The highest BCUT2D eigenvalue weighted by Gasteiger charge is 2.11. The Balaban J connectivity index is 2.26. The first-order valence-electron chi connectivity index (χ1n) is 6.64. The van der Waals surface area contributed by atoms with Crippen molar-refractivity contribution in [3.63, 3.8) is 0 Å². The SMILES string of the molecule is COc1ccc(C(N)=O)cc1NCc1c(C)nn(C)c1C. The van der Waals surface area contributed by atoms with E-state index in [1.807, 2.05) is 25.6 Å². The Morgan fingerprint density at radius 3 is 2.67 bits per heavy atom. The van der Waals surface area contributed by atoms with Crippen LogP contribution in [0.5, 0.6) is 5.75 Å². The molecule has 1 amide bonds. The van der Waals surface area contributed by atoms with E-state index in [0.717, 1.165) is 22.6 Å². The lowest BCUT2D eigenvalue weighted by Crippen LogP contribution is -2.12. The van der Waals surface area contributed by atoms with E-state index in [2.05, 4.69) is 10.4 Å². The molecule has 1 heterocycles. The second kappa shape index (κ2) is 5.87. The van der Waals surface area contributed by atoms with Crippen LogP contribution in [-0.4, -0.2) is 22.8 Å². The van der Waals surface area contributed by atoms with Gasteiger partial charge in [0.2, 0.25) is 5.91 Å². The number of nitrogens with one attached hydrogen (secondary N) is 1. The van der Waals surface area contributed by atoms with E-state index >= 15 is 0 Å². The van der Waals surface area contributed by atoms with Gasteiger partial charge < -0.3 is 15.8 Å². The number of nitrogens with zero attached hydrogens (tertiary/aromatic N) is 2. The molecule has 0 radical (unpaired) electrons. The highest BCUT2D eigenvalue weighted by atomic mass is 16.5. The highest BCUT2D eigenvalue weighted by Crippen LogP contribution is 2.26. The van der Waals surface area contributed by atoms with Crippen molar-refractivity contribution < 1.29 is 9.53 Å². The Morgan fingerprint density at radius 1 is 1.43 bits per heavy atom. The standard InChI is InChI=1S/C15H20N4O2/c1-9-12(10(2)19(3)18-9)8-17-13-7-11(15(16)20)5-6-14(13)21-4/h5-7,17H,8H2,1-4H3,(H2,16,20). The molecule has 6 heteroatoms. The van der Waals surface area contributed by atoms with Crippen LogP contribution in [0.15, 0.2) is 18.2 Å². The van der Waals surface area contributed by atoms with E-state index < -0.39 is 5.91 Å². The molecule has 0 atom stereocenters. The molecular weight excluding hydrogens is 268 g/mol. The monoisotopic (exact) mass is 288 g/mol. The molecule has 0 spiro atoms. The lowest BCUT2D eigenvalue weighted by Gasteiger charge is -2.12. The Bertz CT molecular complexity index is 677. The van der Waals surface area contributed by atoms with Crippen LogP contribution in [0.3, 0.4) is 0 Å². The number of methoxy groups -OCH3 is 1. The number of primary amides is 1. The summed E-state index contributed by atoms with van der Waals surface area (Å²) in [6.07, 6.45) is 0. The predicted molar refractivity (Wildman–Crippen MR) is 81.5 cm³/mol. The molecule has 0 aliphatic carbocycles. The zero-order chi connectivity index (χ0) is 15.6. The first-order valence-corrected chi connectivity index (χ1v) is 6.64. The smallest absolute Gasteiger partial charge is 0.248 e. The maximum Gasteiger partial charge on any atom is 0.248 e. The fourth-order valence-corrected chi connectivity index (χ4v) is 2.26. The number of aromatic nitrogens is 2. The van der Waals surface area contributed by atoms with Gasteiger partial charge in [-0.2, -0.15) is 5.10 Å². The van der Waals surface area contributed by atoms with Gasteiger partial charge in [-0.15, -0.1) is 0 Å². The molecule has 0 aliphatic heterocycles.